The minimum atomic E-state index is -0.589. The normalized spacial score (nSPS) is 18.7. The molecule has 1 aromatic carbocycles. The predicted molar refractivity (Wildman–Crippen MR) is 80.7 cm³/mol. The highest BCUT2D eigenvalue weighted by Gasteiger charge is 2.25. The van der Waals surface area contributed by atoms with E-state index in [9.17, 15) is 14.9 Å². The van der Waals surface area contributed by atoms with Gasteiger partial charge in [0.1, 0.15) is 5.56 Å². The summed E-state index contributed by atoms with van der Waals surface area (Å²) in [6, 6.07) is 4.38. The van der Waals surface area contributed by atoms with Crippen LogP contribution in [0.1, 0.15) is 30.1 Å². The molecular weight excluding hydrogens is 294 g/mol. The summed E-state index contributed by atoms with van der Waals surface area (Å²) in [7, 11) is 0. The van der Waals surface area contributed by atoms with Crippen LogP contribution in [0.3, 0.4) is 0 Å². The molecule has 1 atom stereocenters. The lowest BCUT2D eigenvalue weighted by atomic mass is 10.1. The highest BCUT2D eigenvalue weighted by atomic mass is 35.5. The van der Waals surface area contributed by atoms with E-state index in [0.29, 0.717) is 12.6 Å². The minimum Gasteiger partial charge on any atom is -0.350 e. The molecule has 1 aromatic rings. The number of nitro benzene ring substituents is 1. The molecule has 1 heterocycles. The molecule has 6 nitrogen and oxygen atoms in total. The fraction of sp³-hybridized carbons (Fsp3) is 0.500. The van der Waals surface area contributed by atoms with Gasteiger partial charge >= 0.3 is 0 Å². The molecule has 7 heteroatoms. The van der Waals surface area contributed by atoms with Crippen LogP contribution in [0.5, 0.6) is 0 Å². The number of carbonyl (C=O) groups is 1. The summed E-state index contributed by atoms with van der Waals surface area (Å²) < 4.78 is 0. The molecule has 0 bridgehead atoms. The van der Waals surface area contributed by atoms with E-state index in [0.717, 1.165) is 25.9 Å². The van der Waals surface area contributed by atoms with Gasteiger partial charge in [-0.1, -0.05) is 18.5 Å². The number of benzene rings is 1. The molecular formula is C14H18ClN3O3. The van der Waals surface area contributed by atoms with Crippen molar-refractivity contribution in [1.29, 1.82) is 0 Å². The Balaban J connectivity index is 2.05. The maximum Gasteiger partial charge on any atom is 0.283 e. The molecule has 1 N–H and O–H groups in total. The van der Waals surface area contributed by atoms with Crippen LogP contribution in [-0.2, 0) is 0 Å². The third-order valence-electron chi connectivity index (χ3n) is 3.80. The van der Waals surface area contributed by atoms with Gasteiger partial charge in [-0.05, 0) is 38.1 Å². The largest absolute Gasteiger partial charge is 0.350 e. The fourth-order valence-electron chi connectivity index (χ4n) is 2.70. The van der Waals surface area contributed by atoms with E-state index >= 15 is 0 Å². The van der Waals surface area contributed by atoms with Crippen molar-refractivity contribution in [2.75, 3.05) is 19.6 Å². The highest BCUT2D eigenvalue weighted by molar-refractivity contribution is 6.31. The first-order chi connectivity index (χ1) is 10.0. The molecule has 21 heavy (non-hydrogen) atoms. The molecule has 1 unspecified atom stereocenters. The number of likely N-dealkylation sites (tertiary alicyclic amines) is 1. The summed E-state index contributed by atoms with van der Waals surface area (Å²) in [4.78, 5) is 24.9. The number of nitro groups is 1. The third kappa shape index (κ3) is 3.71. The minimum absolute atomic E-state index is 0.0467. The summed E-state index contributed by atoms with van der Waals surface area (Å²) in [6.45, 7) is 4.58. The smallest absolute Gasteiger partial charge is 0.283 e. The quantitative estimate of drug-likeness (QED) is 0.669. The molecule has 0 aromatic heterocycles. The van der Waals surface area contributed by atoms with E-state index in [4.69, 9.17) is 11.6 Å². The second kappa shape index (κ2) is 6.87. The topological polar surface area (TPSA) is 75.5 Å². The van der Waals surface area contributed by atoms with Gasteiger partial charge in [-0.2, -0.15) is 0 Å². The number of rotatable bonds is 5. The molecule has 1 fully saturated rings. The van der Waals surface area contributed by atoms with Crippen LogP contribution in [0.15, 0.2) is 18.2 Å². The zero-order valence-electron chi connectivity index (χ0n) is 11.8. The van der Waals surface area contributed by atoms with Crippen LogP contribution in [0, 0.1) is 10.1 Å². The van der Waals surface area contributed by atoms with E-state index < -0.39 is 10.8 Å². The van der Waals surface area contributed by atoms with Crippen molar-refractivity contribution in [3.05, 3.63) is 38.9 Å². The lowest BCUT2D eigenvalue weighted by Gasteiger charge is -2.22. The summed E-state index contributed by atoms with van der Waals surface area (Å²) in [6.07, 6.45) is 2.16. The Morgan fingerprint density at radius 2 is 2.33 bits per heavy atom. The first-order valence-electron chi connectivity index (χ1n) is 6.99. The molecule has 1 aliphatic heterocycles. The zero-order chi connectivity index (χ0) is 15.4. The number of halogens is 1. The van der Waals surface area contributed by atoms with Crippen molar-refractivity contribution >= 4 is 23.2 Å². The number of nitrogens with zero attached hydrogens (tertiary/aromatic N) is 2. The van der Waals surface area contributed by atoms with E-state index in [-0.39, 0.29) is 16.3 Å². The van der Waals surface area contributed by atoms with Crippen molar-refractivity contribution in [2.24, 2.45) is 0 Å². The first-order valence-corrected chi connectivity index (χ1v) is 7.37. The molecule has 0 aliphatic carbocycles. The van der Waals surface area contributed by atoms with Gasteiger partial charge in [0.05, 0.1) is 4.92 Å². The lowest BCUT2D eigenvalue weighted by molar-refractivity contribution is -0.385. The summed E-state index contributed by atoms with van der Waals surface area (Å²) in [5.74, 6) is -0.429. The summed E-state index contributed by atoms with van der Waals surface area (Å²) in [5.41, 5.74) is -0.218. The van der Waals surface area contributed by atoms with Crippen LogP contribution in [-0.4, -0.2) is 41.4 Å². The van der Waals surface area contributed by atoms with Gasteiger partial charge in [-0.25, -0.2) is 0 Å². The Hall–Kier alpha value is -1.66. The number of hydrogen-bond donors (Lipinski definition) is 1. The van der Waals surface area contributed by atoms with Crippen molar-refractivity contribution < 1.29 is 9.72 Å². The van der Waals surface area contributed by atoms with E-state index in [1.807, 2.05) is 0 Å². The maximum atomic E-state index is 12.2. The van der Waals surface area contributed by atoms with Crippen molar-refractivity contribution in [3.63, 3.8) is 0 Å². The SMILES string of the molecule is CCN1CCCC1CNC(=O)c1ccc(Cl)cc1[N+](=O)[O-]. The van der Waals surface area contributed by atoms with Gasteiger partial charge in [0.2, 0.25) is 0 Å². The molecule has 114 valence electrons. The highest BCUT2D eigenvalue weighted by Crippen LogP contribution is 2.23. The standard InChI is InChI=1S/C14H18ClN3O3/c1-2-17-7-3-4-11(17)9-16-14(19)12-6-5-10(15)8-13(12)18(20)21/h5-6,8,11H,2-4,7,9H2,1H3,(H,16,19). The molecule has 0 radical (unpaired) electrons. The van der Waals surface area contributed by atoms with E-state index in [2.05, 4.69) is 17.1 Å². The van der Waals surface area contributed by atoms with Gasteiger partial charge < -0.3 is 5.32 Å². The van der Waals surface area contributed by atoms with Crippen LogP contribution < -0.4 is 5.32 Å². The van der Waals surface area contributed by atoms with Gasteiger partial charge in [0.25, 0.3) is 11.6 Å². The summed E-state index contributed by atoms with van der Waals surface area (Å²) >= 11 is 5.74. The maximum absolute atomic E-state index is 12.2. The average molecular weight is 312 g/mol. The Labute approximate surface area is 128 Å². The van der Waals surface area contributed by atoms with Crippen molar-refractivity contribution in [1.82, 2.24) is 10.2 Å². The second-order valence-electron chi connectivity index (χ2n) is 5.05. The molecule has 1 amide bonds. The average Bonchev–Trinajstić information content (AvgIpc) is 2.92. The second-order valence-corrected chi connectivity index (χ2v) is 5.49. The van der Waals surface area contributed by atoms with Crippen LogP contribution in [0.25, 0.3) is 0 Å². The Morgan fingerprint density at radius 1 is 1.57 bits per heavy atom. The number of carbonyl (C=O) groups excluding carboxylic acids is 1. The van der Waals surface area contributed by atoms with E-state index in [1.165, 1.54) is 18.2 Å². The Bertz CT molecular complexity index is 550. The number of hydrogen-bond acceptors (Lipinski definition) is 4. The van der Waals surface area contributed by atoms with E-state index in [1.54, 1.807) is 0 Å². The van der Waals surface area contributed by atoms with Crippen LogP contribution in [0.4, 0.5) is 5.69 Å². The molecule has 1 aliphatic rings. The Kier molecular flexibility index (Phi) is 5.14. The number of likely N-dealkylation sites (N-methyl/N-ethyl adjacent to an activating group) is 1. The molecule has 0 spiro atoms. The summed E-state index contributed by atoms with van der Waals surface area (Å²) in [5, 5.41) is 14.0. The molecule has 0 saturated carbocycles. The zero-order valence-corrected chi connectivity index (χ0v) is 12.6. The number of amides is 1. The van der Waals surface area contributed by atoms with Gasteiger partial charge in [0.15, 0.2) is 0 Å². The van der Waals surface area contributed by atoms with Gasteiger partial charge in [-0.3, -0.25) is 19.8 Å². The van der Waals surface area contributed by atoms with Crippen molar-refractivity contribution in [3.8, 4) is 0 Å². The first kappa shape index (κ1) is 15.7. The molecule has 2 rings (SSSR count). The lowest BCUT2D eigenvalue weighted by Crippen LogP contribution is -2.40. The van der Waals surface area contributed by atoms with Crippen LogP contribution >= 0.6 is 11.6 Å². The van der Waals surface area contributed by atoms with Crippen LogP contribution in [0.2, 0.25) is 5.02 Å². The third-order valence-corrected chi connectivity index (χ3v) is 4.04. The predicted octanol–water partition coefficient (Wildman–Crippen LogP) is 2.46. The molecule has 1 saturated heterocycles. The fourth-order valence-corrected chi connectivity index (χ4v) is 2.86. The monoisotopic (exact) mass is 311 g/mol. The van der Waals surface area contributed by atoms with Gasteiger partial charge in [-0.15, -0.1) is 0 Å². The Morgan fingerprint density at radius 3 is 3.00 bits per heavy atom. The van der Waals surface area contributed by atoms with Gasteiger partial charge in [0, 0.05) is 23.7 Å². The number of nitrogens with one attached hydrogen (secondary N) is 1. The van der Waals surface area contributed by atoms with Crippen molar-refractivity contribution in [2.45, 2.75) is 25.8 Å².